The Balaban J connectivity index is 1.41. The van der Waals surface area contributed by atoms with Crippen LogP contribution in [0.3, 0.4) is 0 Å². The van der Waals surface area contributed by atoms with Gasteiger partial charge in [0.05, 0.1) is 10.7 Å². The van der Waals surface area contributed by atoms with Crippen molar-refractivity contribution >= 4 is 23.3 Å². The van der Waals surface area contributed by atoms with Gasteiger partial charge in [0.2, 0.25) is 5.91 Å². The first-order valence-electron chi connectivity index (χ1n) is 8.51. The SMILES string of the molecule is Cc1nc(/C=C\C(=O)NCCCc2nnc3n2CCCCC3)cs1. The minimum Gasteiger partial charge on any atom is -0.353 e. The Morgan fingerprint density at radius 3 is 3.12 bits per heavy atom. The molecule has 2 aromatic rings. The Labute approximate surface area is 146 Å². The number of rotatable bonds is 6. The van der Waals surface area contributed by atoms with Gasteiger partial charge in [0, 0.05) is 37.4 Å². The van der Waals surface area contributed by atoms with Crippen LogP contribution in [0, 0.1) is 6.92 Å². The lowest BCUT2D eigenvalue weighted by Gasteiger charge is -2.07. The normalized spacial score (nSPS) is 14.5. The molecule has 0 aliphatic carbocycles. The molecule has 0 unspecified atom stereocenters. The maximum absolute atomic E-state index is 11.8. The Morgan fingerprint density at radius 1 is 1.38 bits per heavy atom. The summed E-state index contributed by atoms with van der Waals surface area (Å²) in [5.41, 5.74) is 0.832. The molecule has 0 atom stereocenters. The third-order valence-electron chi connectivity index (χ3n) is 4.10. The zero-order valence-electron chi connectivity index (χ0n) is 14.0. The van der Waals surface area contributed by atoms with Crippen LogP contribution in [0.4, 0.5) is 0 Å². The number of carbonyl (C=O) groups is 1. The lowest BCUT2D eigenvalue weighted by atomic mass is 10.2. The minimum atomic E-state index is -0.0827. The molecule has 0 bridgehead atoms. The molecule has 7 heteroatoms. The highest BCUT2D eigenvalue weighted by atomic mass is 32.1. The second-order valence-corrected chi connectivity index (χ2v) is 7.08. The van der Waals surface area contributed by atoms with Crippen molar-refractivity contribution in [3.8, 4) is 0 Å². The molecule has 1 aliphatic heterocycles. The van der Waals surface area contributed by atoms with Gasteiger partial charge in [-0.1, -0.05) is 6.42 Å². The molecule has 1 aliphatic rings. The molecule has 3 heterocycles. The Morgan fingerprint density at radius 2 is 2.29 bits per heavy atom. The molecule has 0 saturated heterocycles. The molecule has 3 rings (SSSR count). The quantitative estimate of drug-likeness (QED) is 0.645. The average Bonchev–Trinajstić information content (AvgIpc) is 3.08. The van der Waals surface area contributed by atoms with Crippen LogP contribution < -0.4 is 5.32 Å². The van der Waals surface area contributed by atoms with Crippen LogP contribution in [0.5, 0.6) is 0 Å². The van der Waals surface area contributed by atoms with E-state index < -0.39 is 0 Å². The predicted molar refractivity (Wildman–Crippen MR) is 94.8 cm³/mol. The number of aromatic nitrogens is 4. The summed E-state index contributed by atoms with van der Waals surface area (Å²) in [6.07, 6.45) is 9.72. The fourth-order valence-electron chi connectivity index (χ4n) is 2.87. The molecule has 0 radical (unpaired) electrons. The predicted octanol–water partition coefficient (Wildman–Crippen LogP) is 2.53. The lowest BCUT2D eigenvalue weighted by molar-refractivity contribution is -0.116. The maximum Gasteiger partial charge on any atom is 0.244 e. The van der Waals surface area contributed by atoms with Crippen molar-refractivity contribution in [2.24, 2.45) is 0 Å². The molecule has 0 fully saturated rings. The first-order valence-corrected chi connectivity index (χ1v) is 9.39. The largest absolute Gasteiger partial charge is 0.353 e. The van der Waals surface area contributed by atoms with E-state index in [0.717, 1.165) is 48.2 Å². The number of nitrogens with zero attached hydrogens (tertiary/aromatic N) is 4. The Bertz CT molecular complexity index is 718. The van der Waals surface area contributed by atoms with Gasteiger partial charge in [-0.3, -0.25) is 4.79 Å². The van der Waals surface area contributed by atoms with E-state index in [1.54, 1.807) is 17.4 Å². The average molecular weight is 345 g/mol. The van der Waals surface area contributed by atoms with E-state index in [4.69, 9.17) is 0 Å². The van der Waals surface area contributed by atoms with Crippen LogP contribution in [0.25, 0.3) is 6.08 Å². The van der Waals surface area contributed by atoms with E-state index in [0.29, 0.717) is 6.54 Å². The number of hydrogen-bond acceptors (Lipinski definition) is 5. The zero-order chi connectivity index (χ0) is 16.8. The van der Waals surface area contributed by atoms with Crippen molar-refractivity contribution in [3.63, 3.8) is 0 Å². The molecular formula is C17H23N5OS. The van der Waals surface area contributed by atoms with Gasteiger partial charge in [-0.05, 0) is 32.3 Å². The molecule has 128 valence electrons. The number of thiazole rings is 1. The van der Waals surface area contributed by atoms with Gasteiger partial charge in [0.25, 0.3) is 0 Å². The van der Waals surface area contributed by atoms with Crippen molar-refractivity contribution in [3.05, 3.63) is 33.8 Å². The number of carbonyl (C=O) groups excluding carboxylic acids is 1. The van der Waals surface area contributed by atoms with Gasteiger partial charge in [-0.15, -0.1) is 21.5 Å². The van der Waals surface area contributed by atoms with Crippen LogP contribution in [-0.2, 0) is 24.2 Å². The topological polar surface area (TPSA) is 72.7 Å². The van der Waals surface area contributed by atoms with E-state index >= 15 is 0 Å². The van der Waals surface area contributed by atoms with Crippen molar-refractivity contribution in [2.75, 3.05) is 6.54 Å². The fraction of sp³-hybridized carbons (Fsp3) is 0.529. The van der Waals surface area contributed by atoms with Crippen LogP contribution in [0.1, 0.15) is 48.0 Å². The maximum atomic E-state index is 11.8. The summed E-state index contributed by atoms with van der Waals surface area (Å²) in [6, 6.07) is 0. The Kier molecular flexibility index (Phi) is 5.74. The third-order valence-corrected chi connectivity index (χ3v) is 4.90. The zero-order valence-corrected chi connectivity index (χ0v) is 14.8. The summed E-state index contributed by atoms with van der Waals surface area (Å²) >= 11 is 1.58. The highest BCUT2D eigenvalue weighted by Crippen LogP contribution is 2.15. The van der Waals surface area contributed by atoms with Crippen LogP contribution in [0.2, 0.25) is 0 Å². The first-order chi connectivity index (χ1) is 11.7. The lowest BCUT2D eigenvalue weighted by Crippen LogP contribution is -2.22. The molecule has 6 nitrogen and oxygen atoms in total. The van der Waals surface area contributed by atoms with Gasteiger partial charge in [0.15, 0.2) is 0 Å². The molecule has 2 aromatic heterocycles. The summed E-state index contributed by atoms with van der Waals surface area (Å²) in [5.74, 6) is 2.09. The monoisotopic (exact) mass is 345 g/mol. The second-order valence-electron chi connectivity index (χ2n) is 6.01. The van der Waals surface area contributed by atoms with Crippen LogP contribution >= 0.6 is 11.3 Å². The summed E-state index contributed by atoms with van der Waals surface area (Å²) in [5, 5.41) is 14.5. The minimum absolute atomic E-state index is 0.0827. The smallest absolute Gasteiger partial charge is 0.244 e. The number of amides is 1. The summed E-state index contributed by atoms with van der Waals surface area (Å²) < 4.78 is 2.26. The van der Waals surface area contributed by atoms with Crippen molar-refractivity contribution in [2.45, 2.75) is 52.0 Å². The number of hydrogen-bond donors (Lipinski definition) is 1. The van der Waals surface area contributed by atoms with Crippen molar-refractivity contribution in [1.82, 2.24) is 25.1 Å². The molecule has 0 aromatic carbocycles. The molecule has 1 N–H and O–H groups in total. The number of fused-ring (bicyclic) bond motifs is 1. The van der Waals surface area contributed by atoms with E-state index in [1.807, 2.05) is 12.3 Å². The molecule has 0 spiro atoms. The van der Waals surface area contributed by atoms with E-state index in [1.165, 1.54) is 25.3 Å². The van der Waals surface area contributed by atoms with Gasteiger partial charge in [-0.25, -0.2) is 4.98 Å². The van der Waals surface area contributed by atoms with E-state index in [9.17, 15) is 4.79 Å². The second kappa shape index (κ2) is 8.19. The van der Waals surface area contributed by atoms with Gasteiger partial charge in [0.1, 0.15) is 11.6 Å². The number of nitrogens with one attached hydrogen (secondary N) is 1. The standard InChI is InChI=1S/C17H23N5OS/c1-13-19-14(12-24-13)8-9-17(23)18-10-5-7-16-21-20-15-6-3-2-4-11-22(15)16/h8-9,12H,2-7,10-11H2,1H3,(H,18,23)/b9-8-. The first kappa shape index (κ1) is 16.8. The number of aryl methyl sites for hydroxylation is 3. The molecule has 1 amide bonds. The van der Waals surface area contributed by atoms with Crippen LogP contribution in [0.15, 0.2) is 11.5 Å². The third kappa shape index (κ3) is 4.50. The highest BCUT2D eigenvalue weighted by Gasteiger charge is 2.14. The van der Waals surface area contributed by atoms with Crippen molar-refractivity contribution in [1.29, 1.82) is 0 Å². The fourth-order valence-corrected chi connectivity index (χ4v) is 3.45. The highest BCUT2D eigenvalue weighted by molar-refractivity contribution is 7.09. The summed E-state index contributed by atoms with van der Waals surface area (Å²) in [4.78, 5) is 16.1. The van der Waals surface area contributed by atoms with Crippen molar-refractivity contribution < 1.29 is 4.79 Å². The van der Waals surface area contributed by atoms with Gasteiger partial charge < -0.3 is 9.88 Å². The van der Waals surface area contributed by atoms with Crippen LogP contribution in [-0.4, -0.2) is 32.2 Å². The molecule has 0 saturated carbocycles. The Hall–Kier alpha value is -2.02. The molecule has 24 heavy (non-hydrogen) atoms. The molecular weight excluding hydrogens is 322 g/mol. The van der Waals surface area contributed by atoms with Gasteiger partial charge in [-0.2, -0.15) is 0 Å². The summed E-state index contributed by atoms with van der Waals surface area (Å²) in [6.45, 7) is 3.62. The summed E-state index contributed by atoms with van der Waals surface area (Å²) in [7, 11) is 0. The van der Waals surface area contributed by atoms with Gasteiger partial charge >= 0.3 is 0 Å². The van der Waals surface area contributed by atoms with E-state index in [2.05, 4.69) is 25.1 Å². The van der Waals surface area contributed by atoms with E-state index in [-0.39, 0.29) is 5.91 Å².